The first-order chi connectivity index (χ1) is 32.7. The molecule has 0 unspecified atom stereocenters. The summed E-state index contributed by atoms with van der Waals surface area (Å²) in [7, 11) is 0. The van der Waals surface area contributed by atoms with Crippen LogP contribution in [0.15, 0.2) is 231 Å². The van der Waals surface area contributed by atoms with Crippen LogP contribution in [0.4, 0.5) is 17.1 Å². The van der Waals surface area contributed by atoms with Crippen molar-refractivity contribution in [3.63, 3.8) is 0 Å². The zero-order valence-corrected chi connectivity index (χ0v) is 37.7. The van der Waals surface area contributed by atoms with Crippen LogP contribution in [0, 0.1) is 15.9 Å². The first-order valence-corrected chi connectivity index (χ1v) is 23.0. The summed E-state index contributed by atoms with van der Waals surface area (Å²) < 4.78 is 7.97. The van der Waals surface area contributed by atoms with Crippen molar-refractivity contribution in [1.82, 2.24) is 23.7 Å². The monoisotopic (exact) mass is 1030 g/mol. The van der Waals surface area contributed by atoms with Crippen LogP contribution in [0.2, 0.25) is 0 Å². The fourth-order valence-electron chi connectivity index (χ4n) is 9.18. The van der Waals surface area contributed by atoms with E-state index in [4.69, 9.17) is 4.98 Å². The summed E-state index contributed by atoms with van der Waals surface area (Å²) in [5, 5.41) is 2.23. The van der Waals surface area contributed by atoms with Crippen molar-refractivity contribution in [1.29, 1.82) is 0 Å². The number of hydrogen-bond acceptors (Lipinski definition) is 3. The molecule has 0 fully saturated rings. The molecule has 8 aromatic carbocycles. The van der Waals surface area contributed by atoms with Crippen LogP contribution in [0.1, 0.15) is 0 Å². The van der Waals surface area contributed by atoms with Crippen molar-refractivity contribution < 1.29 is 19.4 Å². The normalized spacial score (nSPS) is 11.4. The Morgan fingerprint density at radius 2 is 1.05 bits per heavy atom. The number of imidazole rings is 1. The number of pyridine rings is 2. The minimum atomic E-state index is 0.806. The van der Waals surface area contributed by atoms with E-state index in [9.17, 15) is 0 Å². The SMILES string of the molecule is [Pt]=[c]1n(-c2[c-]c(N(c3[c-]c4c(cc3)c3ccccc3n4-c3ccc(-c4ccccn4)cn3)c3ccccc3)ccc2)c2ccccc2n1-c1c(-c2ccccc2)cccc1-c1ccccc1. The molecule has 0 amide bonds. The molecule has 0 spiro atoms. The number of rotatable bonds is 9. The van der Waals surface area contributed by atoms with Gasteiger partial charge in [-0.2, -0.15) is 0 Å². The molecule has 12 aromatic rings. The van der Waals surface area contributed by atoms with Crippen LogP contribution in [-0.2, 0) is 19.4 Å². The molecule has 0 atom stereocenters. The summed E-state index contributed by atoms with van der Waals surface area (Å²) in [5.41, 5.74) is 15.4. The summed E-state index contributed by atoms with van der Waals surface area (Å²) in [6.45, 7) is 0. The van der Waals surface area contributed by atoms with E-state index in [-0.39, 0.29) is 0 Å². The molecular weight excluding hydrogens is 988 g/mol. The number of para-hydroxylation sites is 5. The number of hydrogen-bond donors (Lipinski definition) is 0. The van der Waals surface area contributed by atoms with Crippen LogP contribution in [0.5, 0.6) is 0 Å². The van der Waals surface area contributed by atoms with E-state index >= 15 is 0 Å². The Morgan fingerprint density at radius 3 is 1.73 bits per heavy atom. The van der Waals surface area contributed by atoms with Gasteiger partial charge in [0.15, 0.2) is 0 Å². The Kier molecular flexibility index (Phi) is 10.00. The molecule has 12 rings (SSSR count). The second-order valence-corrected chi connectivity index (χ2v) is 17.0. The number of aromatic nitrogens is 5. The van der Waals surface area contributed by atoms with E-state index in [0.29, 0.717) is 0 Å². The third kappa shape index (κ3) is 6.82. The molecular formula is C59H38N6Pt-2. The Bertz CT molecular complexity index is 3710. The molecule has 0 aliphatic heterocycles. The third-order valence-electron chi connectivity index (χ3n) is 12.1. The number of anilines is 3. The summed E-state index contributed by atoms with van der Waals surface area (Å²) >= 11 is 2.51. The van der Waals surface area contributed by atoms with Crippen molar-refractivity contribution in [3.8, 4) is 50.7 Å². The summed E-state index contributed by atoms with van der Waals surface area (Å²) in [6, 6.07) is 84.3. The quantitative estimate of drug-likeness (QED) is 0.135. The van der Waals surface area contributed by atoms with Crippen molar-refractivity contribution in [2.75, 3.05) is 4.90 Å². The molecule has 0 bridgehead atoms. The van der Waals surface area contributed by atoms with Crippen LogP contribution in [-0.4, -0.2) is 23.7 Å². The van der Waals surface area contributed by atoms with Crippen molar-refractivity contribution in [2.45, 2.75) is 0 Å². The zero-order chi connectivity index (χ0) is 44.0. The molecule has 0 saturated carbocycles. The van der Waals surface area contributed by atoms with E-state index in [1.807, 2.05) is 30.6 Å². The zero-order valence-electron chi connectivity index (χ0n) is 35.4. The van der Waals surface area contributed by atoms with Gasteiger partial charge in [0, 0.05) is 18.0 Å². The van der Waals surface area contributed by atoms with Gasteiger partial charge in [-0.25, -0.2) is 0 Å². The standard InChI is InChI=1S/C59H38N6.Pt/c1-4-18-42(19-5-1)49-27-17-28-50(43-20-6-2-7-21-43)59(49)63-41-62(55-31-12-13-32-56(55)63)46-24-16-25-47(38-46)64(45-22-8-3-9-23-45)48-34-35-52-51-26-10-11-30-54(51)65(57(52)39-48)58-36-33-44(40-61-58)53-29-14-15-37-60-53;/h1-37,40H;/q-2;. The van der Waals surface area contributed by atoms with Gasteiger partial charge in [-0.3, -0.25) is 4.98 Å². The molecule has 316 valence electrons. The van der Waals surface area contributed by atoms with Crippen LogP contribution in [0.3, 0.4) is 0 Å². The molecule has 0 aliphatic rings. The topological polar surface area (TPSA) is 43.8 Å². The second-order valence-electron chi connectivity index (χ2n) is 16.0. The molecule has 6 nitrogen and oxygen atoms in total. The van der Waals surface area contributed by atoms with Crippen LogP contribution in [0.25, 0.3) is 83.5 Å². The molecule has 7 heteroatoms. The van der Waals surface area contributed by atoms with Gasteiger partial charge in [-0.05, 0) is 18.2 Å². The summed E-state index contributed by atoms with van der Waals surface area (Å²) in [6.07, 6.45) is 3.71. The Hall–Kier alpha value is -8.18. The molecule has 0 aliphatic carbocycles. The van der Waals surface area contributed by atoms with Gasteiger partial charge in [-0.1, -0.05) is 18.2 Å². The van der Waals surface area contributed by atoms with E-state index in [1.165, 1.54) is 0 Å². The van der Waals surface area contributed by atoms with Crippen molar-refractivity contribution >= 4 is 49.9 Å². The van der Waals surface area contributed by atoms with Crippen LogP contribution < -0.4 is 4.90 Å². The van der Waals surface area contributed by atoms with Gasteiger partial charge in [-0.15, -0.1) is 0 Å². The van der Waals surface area contributed by atoms with E-state index in [1.54, 1.807) is 0 Å². The average Bonchev–Trinajstić information content (AvgIpc) is 3.88. The number of benzene rings is 8. The predicted molar refractivity (Wildman–Crippen MR) is 264 cm³/mol. The number of nitrogens with zero attached hydrogens (tertiary/aromatic N) is 6. The fraction of sp³-hybridized carbons (Fsp3) is 0. The molecule has 0 radical (unpaired) electrons. The van der Waals surface area contributed by atoms with Gasteiger partial charge in [0.05, 0.1) is 5.69 Å². The first kappa shape index (κ1) is 39.4. The maximum absolute atomic E-state index is 5.01. The van der Waals surface area contributed by atoms with Gasteiger partial charge in [0.1, 0.15) is 0 Å². The maximum atomic E-state index is 5.01. The minimum absolute atomic E-state index is 0.806. The number of fused-ring (bicyclic) bond motifs is 4. The second kappa shape index (κ2) is 16.7. The van der Waals surface area contributed by atoms with Crippen molar-refractivity contribution in [3.05, 3.63) is 247 Å². The first-order valence-electron chi connectivity index (χ1n) is 21.8. The average molecular weight is 1030 g/mol. The van der Waals surface area contributed by atoms with E-state index < -0.39 is 0 Å². The molecule has 0 N–H and O–H groups in total. The van der Waals surface area contributed by atoms with Crippen molar-refractivity contribution in [2.24, 2.45) is 0 Å². The Labute approximate surface area is 393 Å². The van der Waals surface area contributed by atoms with Gasteiger partial charge < -0.3 is 0 Å². The molecule has 4 heterocycles. The molecule has 4 aromatic heterocycles. The van der Waals surface area contributed by atoms with E-state index in [2.05, 4.69) is 255 Å². The van der Waals surface area contributed by atoms with Crippen LogP contribution >= 0.6 is 0 Å². The van der Waals surface area contributed by atoms with E-state index in [0.717, 1.165) is 104 Å². The third-order valence-corrected chi connectivity index (χ3v) is 13.2. The molecule has 66 heavy (non-hydrogen) atoms. The van der Waals surface area contributed by atoms with Gasteiger partial charge in [0.25, 0.3) is 0 Å². The summed E-state index contributed by atoms with van der Waals surface area (Å²) in [5.74, 6) is 0.806. The fourth-order valence-corrected chi connectivity index (χ4v) is 10.3. The Morgan fingerprint density at radius 1 is 0.424 bits per heavy atom. The van der Waals surface area contributed by atoms with Gasteiger partial charge in [0.2, 0.25) is 0 Å². The predicted octanol–water partition coefficient (Wildman–Crippen LogP) is 14.5. The Balaban J connectivity index is 1.04. The summed E-state index contributed by atoms with van der Waals surface area (Å²) in [4.78, 5) is 11.8. The van der Waals surface area contributed by atoms with Gasteiger partial charge >= 0.3 is 330 Å². The molecule has 0 saturated heterocycles.